The number of carbonyl (C=O) groups is 1. The lowest BCUT2D eigenvalue weighted by Crippen LogP contribution is -2.40. The number of halogens is 2. The van der Waals surface area contributed by atoms with E-state index in [1.165, 1.54) is 0 Å². The molecule has 1 aromatic heterocycles. The fraction of sp³-hybridized carbons (Fsp3) is 0.417. The van der Waals surface area contributed by atoms with Crippen LogP contribution < -0.4 is 10.2 Å². The van der Waals surface area contributed by atoms with Gasteiger partial charge >= 0.3 is 0 Å². The number of amides is 1. The van der Waals surface area contributed by atoms with Crippen LogP contribution in [0.4, 0.5) is 11.6 Å². The Bertz CT molecular complexity index is 1110. The van der Waals surface area contributed by atoms with Gasteiger partial charge in [0.15, 0.2) is 0 Å². The summed E-state index contributed by atoms with van der Waals surface area (Å²) in [5, 5.41) is 4.46. The minimum atomic E-state index is -0.240. The highest BCUT2D eigenvalue weighted by atomic mass is 35.5. The summed E-state index contributed by atoms with van der Waals surface area (Å²) in [5.41, 5.74) is 2.78. The molecule has 1 N–H and O–H groups in total. The van der Waals surface area contributed by atoms with Gasteiger partial charge in [-0.15, -0.1) is 0 Å². The lowest BCUT2D eigenvalue weighted by molar-refractivity contribution is -0.117. The summed E-state index contributed by atoms with van der Waals surface area (Å²) in [4.78, 5) is 20.3. The molecule has 3 aromatic rings. The van der Waals surface area contributed by atoms with Crippen molar-refractivity contribution in [2.24, 2.45) is 5.92 Å². The summed E-state index contributed by atoms with van der Waals surface area (Å²) in [6.45, 7) is 3.20. The summed E-state index contributed by atoms with van der Waals surface area (Å²) < 4.78 is 7.65. The third-order valence-corrected chi connectivity index (χ3v) is 6.93. The second kappa shape index (κ2) is 9.30. The Balaban J connectivity index is 1.41. The molecule has 2 fully saturated rings. The van der Waals surface area contributed by atoms with Crippen molar-refractivity contribution in [3.63, 3.8) is 0 Å². The largest absolute Gasteiger partial charge is 0.381 e. The second-order valence-electron chi connectivity index (χ2n) is 8.55. The molecule has 2 aliphatic rings. The third kappa shape index (κ3) is 4.45. The monoisotopic (exact) mass is 472 g/mol. The van der Waals surface area contributed by atoms with E-state index in [4.69, 9.17) is 32.9 Å². The van der Waals surface area contributed by atoms with Crippen LogP contribution in [0, 0.1) is 5.92 Å². The Kier molecular flexibility index (Phi) is 6.26. The van der Waals surface area contributed by atoms with Crippen LogP contribution in [0.2, 0.25) is 10.0 Å². The van der Waals surface area contributed by atoms with Gasteiger partial charge in [0, 0.05) is 42.0 Å². The maximum atomic E-state index is 13.4. The van der Waals surface area contributed by atoms with E-state index in [0.717, 1.165) is 68.7 Å². The molecule has 2 aliphatic heterocycles. The molecule has 1 unspecified atom stereocenters. The van der Waals surface area contributed by atoms with E-state index in [1.54, 1.807) is 0 Å². The second-order valence-corrected chi connectivity index (χ2v) is 9.42. The Labute approximate surface area is 197 Å². The van der Waals surface area contributed by atoms with E-state index >= 15 is 0 Å². The highest BCUT2D eigenvalue weighted by Gasteiger charge is 2.32. The first-order chi connectivity index (χ1) is 15.6. The molecule has 1 atom stereocenters. The molecule has 32 heavy (non-hydrogen) atoms. The average molecular weight is 473 g/mol. The van der Waals surface area contributed by atoms with Crippen molar-refractivity contribution in [3.05, 3.63) is 52.5 Å². The predicted molar refractivity (Wildman–Crippen MR) is 129 cm³/mol. The first-order valence-electron chi connectivity index (χ1n) is 11.1. The number of imidazole rings is 1. The molecular formula is C24H26Cl2N4O2. The van der Waals surface area contributed by atoms with Gasteiger partial charge in [0.1, 0.15) is 6.04 Å². The van der Waals surface area contributed by atoms with Crippen molar-refractivity contribution >= 4 is 51.8 Å². The molecular weight excluding hydrogens is 447 g/mol. The van der Waals surface area contributed by atoms with Crippen LogP contribution in [0.15, 0.2) is 42.5 Å². The van der Waals surface area contributed by atoms with Gasteiger partial charge in [-0.1, -0.05) is 23.2 Å². The van der Waals surface area contributed by atoms with Gasteiger partial charge in [-0.3, -0.25) is 10.1 Å². The molecule has 2 aromatic carbocycles. The van der Waals surface area contributed by atoms with E-state index in [-0.39, 0.29) is 11.9 Å². The van der Waals surface area contributed by atoms with Crippen LogP contribution >= 0.6 is 23.2 Å². The number of hydrogen-bond acceptors (Lipinski definition) is 4. The average Bonchev–Trinajstić information content (AvgIpc) is 3.40. The molecule has 0 spiro atoms. The number of carbonyl (C=O) groups excluding carboxylic acids is 1. The summed E-state index contributed by atoms with van der Waals surface area (Å²) >= 11 is 12.3. The predicted octanol–water partition coefficient (Wildman–Crippen LogP) is 5.38. The van der Waals surface area contributed by atoms with E-state index in [0.29, 0.717) is 21.9 Å². The first kappa shape index (κ1) is 21.6. The smallest absolute Gasteiger partial charge is 0.249 e. The number of nitrogens with one attached hydrogen (secondary N) is 1. The van der Waals surface area contributed by atoms with Gasteiger partial charge in [-0.25, -0.2) is 4.98 Å². The van der Waals surface area contributed by atoms with Crippen LogP contribution in [0.3, 0.4) is 0 Å². The Hall–Kier alpha value is -2.28. The van der Waals surface area contributed by atoms with Crippen molar-refractivity contribution < 1.29 is 9.53 Å². The quantitative estimate of drug-likeness (QED) is 0.541. The topological polar surface area (TPSA) is 59.4 Å². The summed E-state index contributed by atoms with van der Waals surface area (Å²) in [7, 11) is 0. The van der Waals surface area contributed by atoms with Gasteiger partial charge in [-0.05, 0) is 74.1 Å². The third-order valence-electron chi connectivity index (χ3n) is 6.44. The molecule has 168 valence electrons. The van der Waals surface area contributed by atoms with Gasteiger partial charge in [0.05, 0.1) is 11.0 Å². The van der Waals surface area contributed by atoms with Crippen molar-refractivity contribution in [2.45, 2.75) is 38.3 Å². The van der Waals surface area contributed by atoms with Crippen LogP contribution in [-0.2, 0) is 16.1 Å². The van der Waals surface area contributed by atoms with Crippen molar-refractivity contribution in [1.82, 2.24) is 9.55 Å². The zero-order valence-corrected chi connectivity index (χ0v) is 19.3. The van der Waals surface area contributed by atoms with Crippen LogP contribution in [0.25, 0.3) is 11.0 Å². The Morgan fingerprint density at radius 2 is 1.81 bits per heavy atom. The molecule has 0 bridgehead atoms. The zero-order valence-electron chi connectivity index (χ0n) is 17.8. The molecule has 0 aliphatic carbocycles. The number of fused-ring (bicyclic) bond motifs is 1. The molecule has 1 amide bonds. The first-order valence-corrected chi connectivity index (χ1v) is 11.9. The molecule has 0 saturated carbocycles. The Morgan fingerprint density at radius 3 is 2.59 bits per heavy atom. The van der Waals surface area contributed by atoms with Gasteiger partial charge in [0.25, 0.3) is 0 Å². The molecule has 5 rings (SSSR count). The van der Waals surface area contributed by atoms with Crippen LogP contribution in [0.1, 0.15) is 25.7 Å². The number of aromatic nitrogens is 2. The fourth-order valence-corrected chi connectivity index (χ4v) is 5.04. The maximum absolute atomic E-state index is 13.4. The van der Waals surface area contributed by atoms with E-state index < -0.39 is 0 Å². The van der Waals surface area contributed by atoms with Crippen LogP contribution in [-0.4, -0.2) is 41.3 Å². The lowest BCUT2D eigenvalue weighted by atomic mass is 10.0. The standard InChI is InChI=1S/C24H26Cl2N4O2/c25-17-3-6-19(7-4-17)29-11-1-2-22(29)23(31)28-24-27-20-14-18(26)5-8-21(20)30(24)15-16-9-12-32-13-10-16/h3-8,14,16,22H,1-2,9-13,15H2,(H,27,28,31). The van der Waals surface area contributed by atoms with Crippen molar-refractivity contribution in [3.8, 4) is 0 Å². The molecule has 2 saturated heterocycles. The maximum Gasteiger partial charge on any atom is 0.249 e. The normalized spacial score (nSPS) is 19.6. The molecule has 0 radical (unpaired) electrons. The lowest BCUT2D eigenvalue weighted by Gasteiger charge is -2.26. The van der Waals surface area contributed by atoms with E-state index in [9.17, 15) is 4.79 Å². The van der Waals surface area contributed by atoms with Crippen molar-refractivity contribution in [2.75, 3.05) is 30.0 Å². The highest BCUT2D eigenvalue weighted by Crippen LogP contribution is 2.30. The van der Waals surface area contributed by atoms with E-state index in [2.05, 4.69) is 14.8 Å². The minimum Gasteiger partial charge on any atom is -0.381 e. The Morgan fingerprint density at radius 1 is 1.06 bits per heavy atom. The number of anilines is 2. The number of benzene rings is 2. The number of nitrogens with zero attached hydrogens (tertiary/aromatic N) is 3. The van der Waals surface area contributed by atoms with Gasteiger partial charge in [-0.2, -0.15) is 0 Å². The number of hydrogen-bond donors (Lipinski definition) is 1. The summed E-state index contributed by atoms with van der Waals surface area (Å²) in [6, 6.07) is 13.1. The van der Waals surface area contributed by atoms with Crippen molar-refractivity contribution in [1.29, 1.82) is 0 Å². The van der Waals surface area contributed by atoms with Gasteiger partial charge in [0.2, 0.25) is 11.9 Å². The fourth-order valence-electron chi connectivity index (χ4n) is 4.74. The van der Waals surface area contributed by atoms with Gasteiger partial charge < -0.3 is 14.2 Å². The SMILES string of the molecule is O=C(Nc1nc2cc(Cl)ccc2n1CC1CCOCC1)C1CCCN1c1ccc(Cl)cc1. The molecule has 3 heterocycles. The summed E-state index contributed by atoms with van der Waals surface area (Å²) in [5.74, 6) is 1.04. The molecule has 8 heteroatoms. The molecule has 6 nitrogen and oxygen atoms in total. The van der Waals surface area contributed by atoms with E-state index in [1.807, 2.05) is 42.5 Å². The number of rotatable bonds is 5. The minimum absolute atomic E-state index is 0.0351. The summed E-state index contributed by atoms with van der Waals surface area (Å²) in [6.07, 6.45) is 3.79. The van der Waals surface area contributed by atoms with Crippen LogP contribution in [0.5, 0.6) is 0 Å². The zero-order chi connectivity index (χ0) is 22.1. The number of ether oxygens (including phenoxy) is 1. The highest BCUT2D eigenvalue weighted by molar-refractivity contribution is 6.31.